The third-order valence-electron chi connectivity index (χ3n) is 2.90. The van der Waals surface area contributed by atoms with E-state index in [9.17, 15) is 8.42 Å². The normalized spacial score (nSPS) is 15.3. The summed E-state index contributed by atoms with van der Waals surface area (Å²) in [4.78, 5) is 4.30. The number of nitrogens with one attached hydrogen (secondary N) is 1. The van der Waals surface area contributed by atoms with E-state index in [0.717, 1.165) is 18.7 Å². The molecule has 1 rings (SSSR count). The highest BCUT2D eigenvalue weighted by Crippen LogP contribution is 2.17. The Morgan fingerprint density at radius 3 is 2.61 bits per heavy atom. The highest BCUT2D eigenvalue weighted by atomic mass is 32.2. The predicted octanol–water partition coefficient (Wildman–Crippen LogP) is 1.60. The first-order valence-corrected chi connectivity index (χ1v) is 8.32. The van der Waals surface area contributed by atoms with E-state index in [2.05, 4.69) is 17.2 Å². The summed E-state index contributed by atoms with van der Waals surface area (Å²) in [6, 6.07) is 5.64. The molecule has 0 bridgehead atoms. The summed E-state index contributed by atoms with van der Waals surface area (Å²) in [6.45, 7) is 4.90. The first-order chi connectivity index (χ1) is 8.44. The minimum Gasteiger partial charge on any atom is -0.312 e. The van der Waals surface area contributed by atoms with Crippen LogP contribution >= 0.6 is 0 Å². The van der Waals surface area contributed by atoms with Gasteiger partial charge < -0.3 is 5.32 Å². The van der Waals surface area contributed by atoms with Crippen LogP contribution in [0.15, 0.2) is 24.4 Å². The fraction of sp³-hybridized carbons (Fsp3) is 0.615. The molecule has 4 nitrogen and oxygen atoms in total. The number of hydrogen-bond acceptors (Lipinski definition) is 4. The highest BCUT2D eigenvalue weighted by molar-refractivity contribution is 7.90. The maximum atomic E-state index is 11.5. The molecule has 0 spiro atoms. The SMILES string of the molecule is CCCNC(CS(C)(=O)=O)C(C)c1ccccn1. The van der Waals surface area contributed by atoms with Gasteiger partial charge in [0.1, 0.15) is 9.84 Å². The molecule has 1 aromatic rings. The van der Waals surface area contributed by atoms with Crippen LogP contribution in [0.1, 0.15) is 31.9 Å². The Hall–Kier alpha value is -0.940. The summed E-state index contributed by atoms with van der Waals surface area (Å²) >= 11 is 0. The number of pyridine rings is 1. The van der Waals surface area contributed by atoms with Crippen molar-refractivity contribution in [1.82, 2.24) is 10.3 Å². The van der Waals surface area contributed by atoms with Gasteiger partial charge >= 0.3 is 0 Å². The van der Waals surface area contributed by atoms with Gasteiger partial charge in [-0.1, -0.05) is 19.9 Å². The molecule has 5 heteroatoms. The quantitative estimate of drug-likeness (QED) is 0.817. The van der Waals surface area contributed by atoms with Crippen molar-refractivity contribution in [2.75, 3.05) is 18.6 Å². The van der Waals surface area contributed by atoms with Gasteiger partial charge in [0, 0.05) is 30.1 Å². The molecule has 0 fully saturated rings. The number of hydrogen-bond donors (Lipinski definition) is 1. The van der Waals surface area contributed by atoms with Gasteiger partial charge in [-0.3, -0.25) is 4.98 Å². The number of nitrogens with zero attached hydrogens (tertiary/aromatic N) is 1. The first-order valence-electron chi connectivity index (χ1n) is 6.26. The minimum atomic E-state index is -3.00. The topological polar surface area (TPSA) is 59.1 Å². The Bertz CT molecular complexity index is 445. The zero-order chi connectivity index (χ0) is 13.6. The largest absolute Gasteiger partial charge is 0.312 e. The summed E-state index contributed by atoms with van der Waals surface area (Å²) < 4.78 is 23.0. The van der Waals surface area contributed by atoms with Crippen LogP contribution in [0.4, 0.5) is 0 Å². The standard InChI is InChI=1S/C13H22N2O2S/c1-4-8-14-13(10-18(3,16)17)11(2)12-7-5-6-9-15-12/h5-7,9,11,13-14H,4,8,10H2,1-3H3. The molecule has 0 aliphatic heterocycles. The third kappa shape index (κ3) is 5.14. The second-order valence-electron chi connectivity index (χ2n) is 4.70. The van der Waals surface area contributed by atoms with E-state index < -0.39 is 9.84 Å². The fourth-order valence-electron chi connectivity index (χ4n) is 1.89. The Kier molecular flexibility index (Phi) is 5.75. The van der Waals surface area contributed by atoms with Gasteiger partial charge in [-0.15, -0.1) is 0 Å². The van der Waals surface area contributed by atoms with E-state index in [0.29, 0.717) is 0 Å². The van der Waals surface area contributed by atoms with E-state index in [1.165, 1.54) is 6.26 Å². The van der Waals surface area contributed by atoms with E-state index in [1.807, 2.05) is 25.1 Å². The molecule has 1 heterocycles. The molecule has 102 valence electrons. The second kappa shape index (κ2) is 6.85. The Morgan fingerprint density at radius 2 is 2.11 bits per heavy atom. The van der Waals surface area contributed by atoms with Crippen molar-refractivity contribution in [3.8, 4) is 0 Å². The van der Waals surface area contributed by atoms with Crippen LogP contribution in [0.3, 0.4) is 0 Å². The van der Waals surface area contributed by atoms with Crippen LogP contribution in [0.5, 0.6) is 0 Å². The zero-order valence-electron chi connectivity index (χ0n) is 11.3. The molecule has 2 unspecified atom stereocenters. The van der Waals surface area contributed by atoms with Crippen molar-refractivity contribution in [1.29, 1.82) is 0 Å². The molecule has 0 radical (unpaired) electrons. The lowest BCUT2D eigenvalue weighted by Crippen LogP contribution is -2.40. The van der Waals surface area contributed by atoms with Gasteiger partial charge in [-0.2, -0.15) is 0 Å². The van der Waals surface area contributed by atoms with E-state index >= 15 is 0 Å². The number of rotatable bonds is 7. The van der Waals surface area contributed by atoms with Crippen LogP contribution in [-0.4, -0.2) is 38.0 Å². The average molecular weight is 270 g/mol. The van der Waals surface area contributed by atoms with Gasteiger partial charge in [0.25, 0.3) is 0 Å². The summed E-state index contributed by atoms with van der Waals surface area (Å²) in [5, 5.41) is 3.31. The molecule has 0 aromatic carbocycles. The fourth-order valence-corrected chi connectivity index (χ4v) is 2.95. The lowest BCUT2D eigenvalue weighted by Gasteiger charge is -2.24. The number of aromatic nitrogens is 1. The highest BCUT2D eigenvalue weighted by Gasteiger charge is 2.23. The van der Waals surface area contributed by atoms with Crippen LogP contribution in [0.25, 0.3) is 0 Å². The van der Waals surface area contributed by atoms with Crippen molar-refractivity contribution in [2.45, 2.75) is 32.2 Å². The lowest BCUT2D eigenvalue weighted by atomic mass is 9.99. The van der Waals surface area contributed by atoms with Gasteiger partial charge in [-0.05, 0) is 25.1 Å². The maximum absolute atomic E-state index is 11.5. The van der Waals surface area contributed by atoms with Gasteiger partial charge in [0.05, 0.1) is 5.75 Å². The second-order valence-corrected chi connectivity index (χ2v) is 6.88. The molecule has 0 amide bonds. The molecule has 0 saturated heterocycles. The minimum absolute atomic E-state index is 0.0764. The Balaban J connectivity index is 2.82. The van der Waals surface area contributed by atoms with Crippen molar-refractivity contribution in [3.05, 3.63) is 30.1 Å². The van der Waals surface area contributed by atoms with E-state index in [4.69, 9.17) is 0 Å². The summed E-state index contributed by atoms with van der Waals surface area (Å²) in [5.74, 6) is 0.220. The lowest BCUT2D eigenvalue weighted by molar-refractivity contribution is 0.471. The molecule has 18 heavy (non-hydrogen) atoms. The number of sulfone groups is 1. The smallest absolute Gasteiger partial charge is 0.149 e. The van der Waals surface area contributed by atoms with Crippen molar-refractivity contribution < 1.29 is 8.42 Å². The molecule has 2 atom stereocenters. The summed E-state index contributed by atoms with van der Waals surface area (Å²) in [6.07, 6.45) is 4.00. The van der Waals surface area contributed by atoms with Crippen LogP contribution in [0.2, 0.25) is 0 Å². The maximum Gasteiger partial charge on any atom is 0.149 e. The molecule has 1 aromatic heterocycles. The molecule has 0 aliphatic carbocycles. The predicted molar refractivity (Wildman–Crippen MR) is 74.4 cm³/mol. The van der Waals surface area contributed by atoms with E-state index in [1.54, 1.807) is 6.20 Å². The van der Waals surface area contributed by atoms with Crippen molar-refractivity contribution >= 4 is 9.84 Å². The van der Waals surface area contributed by atoms with Gasteiger partial charge in [0.15, 0.2) is 0 Å². The Labute approximate surface area is 110 Å². The summed E-state index contributed by atoms with van der Waals surface area (Å²) in [5.41, 5.74) is 0.926. The monoisotopic (exact) mass is 270 g/mol. The van der Waals surface area contributed by atoms with Crippen molar-refractivity contribution in [2.24, 2.45) is 0 Å². The Morgan fingerprint density at radius 1 is 1.39 bits per heavy atom. The van der Waals surface area contributed by atoms with Crippen LogP contribution < -0.4 is 5.32 Å². The molecular weight excluding hydrogens is 248 g/mol. The molecular formula is C13H22N2O2S. The molecule has 0 saturated carbocycles. The average Bonchev–Trinajstić information content (AvgIpc) is 2.33. The van der Waals surface area contributed by atoms with Crippen molar-refractivity contribution in [3.63, 3.8) is 0 Å². The van der Waals surface area contributed by atoms with Crippen LogP contribution in [0, 0.1) is 0 Å². The molecule has 1 N–H and O–H groups in total. The zero-order valence-corrected chi connectivity index (χ0v) is 12.1. The first kappa shape index (κ1) is 15.1. The third-order valence-corrected chi connectivity index (χ3v) is 3.86. The van der Waals surface area contributed by atoms with Gasteiger partial charge in [0.2, 0.25) is 0 Å². The van der Waals surface area contributed by atoms with Crippen LogP contribution in [-0.2, 0) is 9.84 Å². The summed E-state index contributed by atoms with van der Waals surface area (Å²) in [7, 11) is -3.00. The van der Waals surface area contributed by atoms with Gasteiger partial charge in [-0.25, -0.2) is 8.42 Å². The molecule has 0 aliphatic rings. The van der Waals surface area contributed by atoms with E-state index in [-0.39, 0.29) is 17.7 Å².